The first-order chi connectivity index (χ1) is 14.0. The van der Waals surface area contributed by atoms with Crippen LogP contribution in [0.3, 0.4) is 0 Å². The molecule has 8 heteroatoms. The number of rotatable bonds is 7. The molecule has 0 saturated heterocycles. The van der Waals surface area contributed by atoms with Gasteiger partial charge in [-0.2, -0.15) is 0 Å². The van der Waals surface area contributed by atoms with E-state index < -0.39 is 11.9 Å². The molecular formula is C21H26N2O5S. The van der Waals surface area contributed by atoms with E-state index in [4.69, 9.17) is 14.2 Å². The van der Waals surface area contributed by atoms with Gasteiger partial charge < -0.3 is 19.5 Å². The molecule has 3 rings (SSSR count). The average Bonchev–Trinajstić information content (AvgIpc) is 3.09. The van der Waals surface area contributed by atoms with Gasteiger partial charge in [-0.05, 0) is 37.6 Å². The quantitative estimate of drug-likeness (QED) is 0.693. The van der Waals surface area contributed by atoms with Crippen molar-refractivity contribution in [1.82, 2.24) is 4.90 Å². The summed E-state index contributed by atoms with van der Waals surface area (Å²) < 4.78 is 16.0. The highest BCUT2D eigenvalue weighted by Crippen LogP contribution is 2.39. The van der Waals surface area contributed by atoms with Gasteiger partial charge in [-0.25, -0.2) is 4.79 Å². The Hall–Kier alpha value is -2.58. The van der Waals surface area contributed by atoms with Gasteiger partial charge in [-0.3, -0.25) is 9.69 Å². The van der Waals surface area contributed by atoms with Crippen LogP contribution in [-0.2, 0) is 17.7 Å². The fourth-order valence-corrected chi connectivity index (χ4v) is 4.75. The molecule has 0 spiro atoms. The van der Waals surface area contributed by atoms with Crippen LogP contribution in [0.15, 0.2) is 18.2 Å². The first-order valence-corrected chi connectivity index (χ1v) is 10.4. The number of hydrogen-bond donors (Lipinski definition) is 1. The largest absolute Gasteiger partial charge is 0.496 e. The molecule has 1 aromatic carbocycles. The van der Waals surface area contributed by atoms with E-state index in [2.05, 4.69) is 17.1 Å². The number of anilines is 1. The van der Waals surface area contributed by atoms with Crippen molar-refractivity contribution in [3.05, 3.63) is 39.8 Å². The van der Waals surface area contributed by atoms with Crippen LogP contribution >= 0.6 is 11.3 Å². The number of likely N-dealkylation sites (N-methyl/N-ethyl adjacent to an activating group) is 1. The smallest absolute Gasteiger partial charge is 0.341 e. The minimum atomic E-state index is -0.405. The summed E-state index contributed by atoms with van der Waals surface area (Å²) in [6.45, 7) is 6.73. The maximum absolute atomic E-state index is 13.1. The van der Waals surface area contributed by atoms with Crippen molar-refractivity contribution >= 4 is 28.2 Å². The third kappa shape index (κ3) is 4.23. The Morgan fingerprint density at radius 2 is 1.83 bits per heavy atom. The Labute approximate surface area is 174 Å². The van der Waals surface area contributed by atoms with Crippen molar-refractivity contribution in [2.24, 2.45) is 0 Å². The monoisotopic (exact) mass is 418 g/mol. The van der Waals surface area contributed by atoms with Crippen LogP contribution in [-0.4, -0.2) is 50.7 Å². The van der Waals surface area contributed by atoms with Gasteiger partial charge in [0.15, 0.2) is 0 Å². The lowest BCUT2D eigenvalue weighted by Crippen LogP contribution is -2.30. The molecule has 29 heavy (non-hydrogen) atoms. The second kappa shape index (κ2) is 9.28. The number of fused-ring (bicyclic) bond motifs is 1. The first kappa shape index (κ1) is 21.1. The lowest BCUT2D eigenvalue weighted by molar-refractivity contribution is 0.0526. The Morgan fingerprint density at radius 1 is 1.14 bits per heavy atom. The second-order valence-corrected chi connectivity index (χ2v) is 7.64. The average molecular weight is 419 g/mol. The second-order valence-electron chi connectivity index (χ2n) is 6.54. The van der Waals surface area contributed by atoms with Gasteiger partial charge in [0.2, 0.25) is 0 Å². The molecule has 0 unspecified atom stereocenters. The zero-order valence-corrected chi connectivity index (χ0v) is 18.0. The van der Waals surface area contributed by atoms with Crippen molar-refractivity contribution < 1.29 is 23.8 Å². The summed E-state index contributed by atoms with van der Waals surface area (Å²) in [5, 5.41) is 3.41. The van der Waals surface area contributed by atoms with Gasteiger partial charge in [-0.15, -0.1) is 11.3 Å². The van der Waals surface area contributed by atoms with Gasteiger partial charge in [0.1, 0.15) is 22.1 Å². The molecule has 2 heterocycles. The number of nitrogens with zero attached hydrogens (tertiary/aromatic N) is 1. The molecule has 0 radical (unpaired) electrons. The number of nitrogens with one attached hydrogen (secondary N) is 1. The standard InChI is InChI=1S/C21H26N2O5S/c1-5-23-11-10-13-16(12-23)29-20(17(13)21(25)28-6-2)22-19(24)18-14(26-3)8-7-9-15(18)27-4/h7-9H,5-6,10-12H2,1-4H3,(H,22,24). The van der Waals surface area contributed by atoms with Crippen LogP contribution in [0.4, 0.5) is 5.00 Å². The van der Waals surface area contributed by atoms with Crippen LogP contribution in [0.5, 0.6) is 11.5 Å². The maximum atomic E-state index is 13.1. The molecule has 156 valence electrons. The van der Waals surface area contributed by atoms with Gasteiger partial charge in [0.25, 0.3) is 5.91 Å². The van der Waals surface area contributed by atoms with E-state index in [0.29, 0.717) is 22.1 Å². The fraction of sp³-hybridized carbons (Fsp3) is 0.429. The van der Waals surface area contributed by atoms with Crippen molar-refractivity contribution in [2.45, 2.75) is 26.8 Å². The van der Waals surface area contributed by atoms with Gasteiger partial charge >= 0.3 is 5.97 Å². The van der Waals surface area contributed by atoms with Crippen LogP contribution in [0.2, 0.25) is 0 Å². The SMILES string of the molecule is CCOC(=O)c1c(NC(=O)c2c(OC)cccc2OC)sc2c1CCN(CC)C2. The normalized spacial score (nSPS) is 13.5. The Bertz CT molecular complexity index is 886. The Balaban J connectivity index is 2.00. The summed E-state index contributed by atoms with van der Waals surface area (Å²) in [6, 6.07) is 5.15. The van der Waals surface area contributed by atoms with Crippen molar-refractivity contribution in [3.63, 3.8) is 0 Å². The number of hydrogen-bond acceptors (Lipinski definition) is 7. The molecule has 0 saturated carbocycles. The molecule has 0 fully saturated rings. The molecule has 1 aliphatic heterocycles. The number of thiophene rings is 1. The van der Waals surface area contributed by atoms with E-state index in [-0.39, 0.29) is 12.2 Å². The van der Waals surface area contributed by atoms with Crippen LogP contribution < -0.4 is 14.8 Å². The number of carbonyl (C=O) groups is 2. The minimum Gasteiger partial charge on any atom is -0.496 e. The molecule has 0 atom stereocenters. The van der Waals surface area contributed by atoms with E-state index in [9.17, 15) is 9.59 Å². The lowest BCUT2D eigenvalue weighted by Gasteiger charge is -2.25. The zero-order chi connectivity index (χ0) is 21.0. The van der Waals surface area contributed by atoms with Gasteiger partial charge in [0, 0.05) is 18.0 Å². The van der Waals surface area contributed by atoms with Crippen molar-refractivity contribution in [3.8, 4) is 11.5 Å². The summed E-state index contributed by atoms with van der Waals surface area (Å²) in [5.74, 6) is 0.00376. The number of benzene rings is 1. The first-order valence-electron chi connectivity index (χ1n) is 9.60. The van der Waals surface area contributed by atoms with E-state index in [1.165, 1.54) is 25.6 Å². The summed E-state index contributed by atoms with van der Waals surface area (Å²) in [6.07, 6.45) is 0.752. The number of esters is 1. The Kier molecular flexibility index (Phi) is 6.76. The Morgan fingerprint density at radius 3 is 2.41 bits per heavy atom. The van der Waals surface area contributed by atoms with E-state index in [1.807, 2.05) is 0 Å². The molecule has 0 aliphatic carbocycles. The van der Waals surface area contributed by atoms with E-state index in [1.54, 1.807) is 25.1 Å². The predicted molar refractivity (Wildman–Crippen MR) is 112 cm³/mol. The summed E-state index contributed by atoms with van der Waals surface area (Å²) in [5.41, 5.74) is 1.72. The number of carbonyl (C=O) groups excluding carboxylic acids is 2. The molecule has 1 N–H and O–H groups in total. The topological polar surface area (TPSA) is 77.1 Å². The third-order valence-electron chi connectivity index (χ3n) is 4.94. The zero-order valence-electron chi connectivity index (χ0n) is 17.2. The van der Waals surface area contributed by atoms with Crippen LogP contribution in [0.1, 0.15) is 45.0 Å². The fourth-order valence-electron chi connectivity index (χ4n) is 3.47. The molecule has 7 nitrogen and oxygen atoms in total. The highest BCUT2D eigenvalue weighted by molar-refractivity contribution is 7.17. The molecule has 1 amide bonds. The molecule has 1 aromatic heterocycles. The number of amides is 1. The van der Waals surface area contributed by atoms with Gasteiger partial charge in [-0.1, -0.05) is 13.0 Å². The third-order valence-corrected chi connectivity index (χ3v) is 6.08. The molecule has 2 aromatic rings. The van der Waals surface area contributed by atoms with Crippen LogP contribution in [0.25, 0.3) is 0 Å². The maximum Gasteiger partial charge on any atom is 0.341 e. The molecular weight excluding hydrogens is 392 g/mol. The molecule has 0 bridgehead atoms. The van der Waals surface area contributed by atoms with Crippen molar-refractivity contribution in [2.75, 3.05) is 39.2 Å². The number of ether oxygens (including phenoxy) is 3. The number of methoxy groups -OCH3 is 2. The highest BCUT2D eigenvalue weighted by atomic mass is 32.1. The van der Waals surface area contributed by atoms with Crippen molar-refractivity contribution in [1.29, 1.82) is 0 Å². The summed E-state index contributed by atoms with van der Waals surface area (Å²) >= 11 is 1.43. The minimum absolute atomic E-state index is 0.276. The molecule has 1 aliphatic rings. The van der Waals surface area contributed by atoms with Gasteiger partial charge in [0.05, 0.1) is 26.4 Å². The van der Waals surface area contributed by atoms with E-state index >= 15 is 0 Å². The van der Waals surface area contributed by atoms with Crippen LogP contribution in [0, 0.1) is 0 Å². The van der Waals surface area contributed by atoms with E-state index in [0.717, 1.165) is 36.5 Å². The summed E-state index contributed by atoms with van der Waals surface area (Å²) in [4.78, 5) is 29.2. The predicted octanol–water partition coefficient (Wildman–Crippen LogP) is 3.57. The summed E-state index contributed by atoms with van der Waals surface area (Å²) in [7, 11) is 3.00. The lowest BCUT2D eigenvalue weighted by atomic mass is 10.0. The highest BCUT2D eigenvalue weighted by Gasteiger charge is 2.30.